The van der Waals surface area contributed by atoms with E-state index < -0.39 is 0 Å². The average molecular weight is 263 g/mol. The molecular formula is C17H29NO. The zero-order valence-electron chi connectivity index (χ0n) is 12.9. The van der Waals surface area contributed by atoms with Crippen molar-refractivity contribution < 1.29 is 4.74 Å². The van der Waals surface area contributed by atoms with Crippen LogP contribution < -0.4 is 10.1 Å². The highest BCUT2D eigenvalue weighted by Gasteiger charge is 2.17. The van der Waals surface area contributed by atoms with Crippen LogP contribution in [0.1, 0.15) is 39.2 Å². The predicted molar refractivity (Wildman–Crippen MR) is 82.8 cm³/mol. The first-order chi connectivity index (χ1) is 9.21. The van der Waals surface area contributed by atoms with Crippen LogP contribution >= 0.6 is 0 Å². The number of rotatable bonds is 9. The van der Waals surface area contributed by atoms with Gasteiger partial charge in [0.15, 0.2) is 0 Å². The van der Waals surface area contributed by atoms with Crippen LogP contribution in [-0.2, 0) is 6.42 Å². The second-order valence-electron chi connectivity index (χ2n) is 5.39. The van der Waals surface area contributed by atoms with Gasteiger partial charge in [0.1, 0.15) is 5.75 Å². The molecule has 1 aromatic carbocycles. The van der Waals surface area contributed by atoms with Crippen molar-refractivity contribution in [2.75, 3.05) is 20.2 Å². The van der Waals surface area contributed by atoms with Crippen molar-refractivity contribution in [3.8, 4) is 5.75 Å². The molecule has 0 aliphatic rings. The predicted octanol–water partition coefficient (Wildman–Crippen LogP) is 3.90. The summed E-state index contributed by atoms with van der Waals surface area (Å²) in [5.74, 6) is 2.42. The van der Waals surface area contributed by atoms with Crippen LogP contribution in [0.3, 0.4) is 0 Å². The molecular weight excluding hydrogens is 234 g/mol. The van der Waals surface area contributed by atoms with E-state index >= 15 is 0 Å². The van der Waals surface area contributed by atoms with Gasteiger partial charge in [0.05, 0.1) is 7.11 Å². The molecule has 0 aliphatic heterocycles. The van der Waals surface area contributed by atoms with E-state index in [1.54, 1.807) is 7.11 Å². The highest BCUT2D eigenvalue weighted by molar-refractivity contribution is 5.28. The summed E-state index contributed by atoms with van der Waals surface area (Å²) in [6.45, 7) is 8.98. The summed E-state index contributed by atoms with van der Waals surface area (Å²) in [6, 6.07) is 8.47. The standard InChI is InChI=1S/C17H29NO/c1-5-8-14(3)16(13-18-6-2)11-15-9-7-10-17(12-15)19-4/h7,9-10,12,14,16,18H,5-6,8,11,13H2,1-4H3. The smallest absolute Gasteiger partial charge is 0.119 e. The minimum atomic E-state index is 0.701. The normalized spacial score (nSPS) is 14.1. The maximum absolute atomic E-state index is 5.31. The lowest BCUT2D eigenvalue weighted by Gasteiger charge is -2.24. The molecule has 2 nitrogen and oxygen atoms in total. The number of hydrogen-bond donors (Lipinski definition) is 1. The van der Waals surface area contributed by atoms with Gasteiger partial charge in [0.25, 0.3) is 0 Å². The van der Waals surface area contributed by atoms with Gasteiger partial charge in [-0.15, -0.1) is 0 Å². The number of methoxy groups -OCH3 is 1. The van der Waals surface area contributed by atoms with Crippen LogP contribution in [0.4, 0.5) is 0 Å². The van der Waals surface area contributed by atoms with Crippen molar-refractivity contribution in [1.29, 1.82) is 0 Å². The molecule has 2 heteroatoms. The Balaban J connectivity index is 2.68. The molecule has 2 unspecified atom stereocenters. The molecule has 0 saturated heterocycles. The van der Waals surface area contributed by atoms with Crippen LogP contribution in [0, 0.1) is 11.8 Å². The first-order valence-electron chi connectivity index (χ1n) is 7.54. The summed E-state index contributed by atoms with van der Waals surface area (Å²) in [4.78, 5) is 0. The fraction of sp³-hybridized carbons (Fsp3) is 0.647. The fourth-order valence-electron chi connectivity index (χ4n) is 2.60. The van der Waals surface area contributed by atoms with Crippen molar-refractivity contribution in [3.05, 3.63) is 29.8 Å². The lowest BCUT2D eigenvalue weighted by Crippen LogP contribution is -2.28. The zero-order chi connectivity index (χ0) is 14.1. The van der Waals surface area contributed by atoms with E-state index in [-0.39, 0.29) is 0 Å². The van der Waals surface area contributed by atoms with E-state index in [1.807, 2.05) is 6.07 Å². The summed E-state index contributed by atoms with van der Waals surface area (Å²) in [6.07, 6.45) is 3.70. The summed E-state index contributed by atoms with van der Waals surface area (Å²) in [5, 5.41) is 3.51. The van der Waals surface area contributed by atoms with Gasteiger partial charge in [0, 0.05) is 0 Å². The second-order valence-corrected chi connectivity index (χ2v) is 5.39. The van der Waals surface area contributed by atoms with E-state index in [0.29, 0.717) is 5.92 Å². The van der Waals surface area contributed by atoms with Gasteiger partial charge in [-0.2, -0.15) is 0 Å². The van der Waals surface area contributed by atoms with Crippen molar-refractivity contribution in [2.45, 2.75) is 40.0 Å². The minimum Gasteiger partial charge on any atom is -0.497 e. The lowest BCUT2D eigenvalue weighted by molar-refractivity contribution is 0.319. The largest absolute Gasteiger partial charge is 0.497 e. The van der Waals surface area contributed by atoms with E-state index in [1.165, 1.54) is 18.4 Å². The topological polar surface area (TPSA) is 21.3 Å². The Morgan fingerprint density at radius 3 is 2.68 bits per heavy atom. The molecule has 1 aromatic rings. The monoisotopic (exact) mass is 263 g/mol. The van der Waals surface area contributed by atoms with E-state index in [2.05, 4.69) is 44.3 Å². The Labute approximate surface area is 118 Å². The number of benzene rings is 1. The first kappa shape index (κ1) is 16.0. The van der Waals surface area contributed by atoms with Crippen LogP contribution in [0.5, 0.6) is 5.75 Å². The molecule has 0 aliphatic carbocycles. The molecule has 108 valence electrons. The van der Waals surface area contributed by atoms with Crippen molar-refractivity contribution in [1.82, 2.24) is 5.32 Å². The van der Waals surface area contributed by atoms with Crippen LogP contribution in [-0.4, -0.2) is 20.2 Å². The highest BCUT2D eigenvalue weighted by Crippen LogP contribution is 2.23. The quantitative estimate of drug-likeness (QED) is 0.729. The zero-order valence-corrected chi connectivity index (χ0v) is 12.9. The van der Waals surface area contributed by atoms with E-state index in [4.69, 9.17) is 4.74 Å². The molecule has 2 atom stereocenters. The van der Waals surface area contributed by atoms with Crippen molar-refractivity contribution in [2.24, 2.45) is 11.8 Å². The Bertz CT molecular complexity index is 351. The van der Waals surface area contributed by atoms with Gasteiger partial charge >= 0.3 is 0 Å². The second kappa shape index (κ2) is 8.98. The summed E-state index contributed by atoms with van der Waals surface area (Å²) in [5.41, 5.74) is 1.38. The average Bonchev–Trinajstić information content (AvgIpc) is 2.43. The Hall–Kier alpha value is -1.02. The molecule has 0 heterocycles. The molecule has 0 aromatic heterocycles. The summed E-state index contributed by atoms with van der Waals surface area (Å²) < 4.78 is 5.31. The maximum Gasteiger partial charge on any atom is 0.119 e. The summed E-state index contributed by atoms with van der Waals surface area (Å²) in [7, 11) is 1.73. The number of ether oxygens (including phenoxy) is 1. The first-order valence-corrected chi connectivity index (χ1v) is 7.54. The van der Waals surface area contributed by atoms with E-state index in [0.717, 1.165) is 31.2 Å². The molecule has 0 fully saturated rings. The van der Waals surface area contributed by atoms with Gasteiger partial charge in [-0.3, -0.25) is 0 Å². The van der Waals surface area contributed by atoms with Gasteiger partial charge in [0.2, 0.25) is 0 Å². The Morgan fingerprint density at radius 1 is 1.26 bits per heavy atom. The molecule has 0 spiro atoms. The van der Waals surface area contributed by atoms with Gasteiger partial charge < -0.3 is 10.1 Å². The van der Waals surface area contributed by atoms with Gasteiger partial charge in [-0.1, -0.05) is 45.7 Å². The van der Waals surface area contributed by atoms with Crippen LogP contribution in [0.15, 0.2) is 24.3 Å². The molecule has 0 saturated carbocycles. The Kier molecular flexibility index (Phi) is 7.57. The molecule has 19 heavy (non-hydrogen) atoms. The lowest BCUT2D eigenvalue weighted by atomic mass is 9.85. The maximum atomic E-state index is 5.31. The third-order valence-corrected chi connectivity index (χ3v) is 3.84. The fourth-order valence-corrected chi connectivity index (χ4v) is 2.60. The van der Waals surface area contributed by atoms with Crippen molar-refractivity contribution >= 4 is 0 Å². The molecule has 0 bridgehead atoms. The number of hydrogen-bond acceptors (Lipinski definition) is 2. The molecule has 1 rings (SSSR count). The van der Waals surface area contributed by atoms with Crippen LogP contribution in [0.2, 0.25) is 0 Å². The molecule has 0 radical (unpaired) electrons. The number of nitrogens with one attached hydrogen (secondary N) is 1. The third-order valence-electron chi connectivity index (χ3n) is 3.84. The molecule has 0 amide bonds. The highest BCUT2D eigenvalue weighted by atomic mass is 16.5. The van der Waals surface area contributed by atoms with Gasteiger partial charge in [-0.25, -0.2) is 0 Å². The summed E-state index contributed by atoms with van der Waals surface area (Å²) >= 11 is 0. The molecule has 1 N–H and O–H groups in total. The SMILES string of the molecule is CCCC(C)C(CNCC)Cc1cccc(OC)c1. The van der Waals surface area contributed by atoms with E-state index in [9.17, 15) is 0 Å². The van der Waals surface area contributed by atoms with Crippen LogP contribution in [0.25, 0.3) is 0 Å². The van der Waals surface area contributed by atoms with Crippen molar-refractivity contribution in [3.63, 3.8) is 0 Å². The van der Waals surface area contributed by atoms with Gasteiger partial charge in [-0.05, 0) is 49.0 Å². The third kappa shape index (κ3) is 5.65. The minimum absolute atomic E-state index is 0.701. The Morgan fingerprint density at radius 2 is 2.05 bits per heavy atom.